The fourth-order valence-electron chi connectivity index (χ4n) is 3.26. The van der Waals surface area contributed by atoms with Gasteiger partial charge in [0.15, 0.2) is 0 Å². The molecule has 6 nitrogen and oxygen atoms in total. The summed E-state index contributed by atoms with van der Waals surface area (Å²) in [7, 11) is 1.94. The molecule has 1 aliphatic rings. The molecule has 0 saturated carbocycles. The lowest BCUT2D eigenvalue weighted by molar-refractivity contribution is 0.0711. The zero-order chi connectivity index (χ0) is 17.2. The monoisotopic (exact) mass is 353 g/mol. The largest absolute Gasteiger partial charge is 0.337 e. The van der Waals surface area contributed by atoms with Crippen molar-refractivity contribution < 1.29 is 4.79 Å². The van der Waals surface area contributed by atoms with E-state index in [1.165, 1.54) is 11.3 Å². The highest BCUT2D eigenvalue weighted by molar-refractivity contribution is 7.12. The van der Waals surface area contributed by atoms with E-state index in [0.717, 1.165) is 41.3 Å². The van der Waals surface area contributed by atoms with Gasteiger partial charge in [-0.15, -0.1) is 11.3 Å². The number of imidazole rings is 1. The molecule has 0 N–H and O–H groups in total. The Hall–Kier alpha value is -2.54. The van der Waals surface area contributed by atoms with Crippen molar-refractivity contribution in [3.63, 3.8) is 0 Å². The molecule has 0 spiro atoms. The second kappa shape index (κ2) is 6.76. The Kier molecular flexibility index (Phi) is 4.31. The van der Waals surface area contributed by atoms with Gasteiger partial charge < -0.3 is 9.47 Å². The Morgan fingerprint density at radius 3 is 2.96 bits per heavy atom. The molecule has 1 aliphatic heterocycles. The number of aryl methyl sites for hydroxylation is 1. The van der Waals surface area contributed by atoms with Crippen molar-refractivity contribution in [2.75, 3.05) is 13.1 Å². The number of carbonyl (C=O) groups excluding carboxylic acids is 1. The molecule has 0 bridgehead atoms. The minimum atomic E-state index is 0.121. The molecular weight excluding hydrogens is 334 g/mol. The minimum absolute atomic E-state index is 0.121. The first kappa shape index (κ1) is 16.0. The van der Waals surface area contributed by atoms with Crippen molar-refractivity contribution in [2.24, 2.45) is 7.05 Å². The minimum Gasteiger partial charge on any atom is -0.337 e. The van der Waals surface area contributed by atoms with Gasteiger partial charge in [0.05, 0.1) is 35.0 Å². The highest BCUT2D eigenvalue weighted by Gasteiger charge is 2.27. The molecule has 1 saturated heterocycles. The van der Waals surface area contributed by atoms with Crippen molar-refractivity contribution in [1.29, 1.82) is 0 Å². The fraction of sp³-hybridized carbons (Fsp3) is 0.333. The van der Waals surface area contributed by atoms with Gasteiger partial charge in [-0.1, -0.05) is 6.07 Å². The van der Waals surface area contributed by atoms with E-state index in [4.69, 9.17) is 4.98 Å². The normalized spacial score (nSPS) is 17.6. The smallest absolute Gasteiger partial charge is 0.263 e. The van der Waals surface area contributed by atoms with Crippen LogP contribution in [0.25, 0.3) is 11.4 Å². The van der Waals surface area contributed by atoms with E-state index in [0.29, 0.717) is 6.54 Å². The van der Waals surface area contributed by atoms with Crippen LogP contribution in [0.4, 0.5) is 0 Å². The summed E-state index contributed by atoms with van der Waals surface area (Å²) in [6.45, 7) is 1.50. The number of hydrogen-bond acceptors (Lipinski definition) is 5. The van der Waals surface area contributed by atoms with Gasteiger partial charge in [0.1, 0.15) is 5.69 Å². The van der Waals surface area contributed by atoms with Crippen LogP contribution >= 0.6 is 11.3 Å². The number of aromatic nitrogens is 4. The number of rotatable bonds is 3. The van der Waals surface area contributed by atoms with Crippen molar-refractivity contribution in [3.8, 4) is 11.4 Å². The van der Waals surface area contributed by atoms with Gasteiger partial charge in [-0.2, -0.15) is 0 Å². The topological polar surface area (TPSA) is 63.9 Å². The van der Waals surface area contributed by atoms with Crippen LogP contribution in [0.3, 0.4) is 0 Å². The van der Waals surface area contributed by atoms with Crippen LogP contribution in [0.1, 0.15) is 34.1 Å². The third-order valence-electron chi connectivity index (χ3n) is 4.59. The summed E-state index contributed by atoms with van der Waals surface area (Å²) in [5.41, 5.74) is 2.71. The Bertz CT molecular complexity index is 873. The van der Waals surface area contributed by atoms with Crippen LogP contribution < -0.4 is 0 Å². The number of carbonyl (C=O) groups is 1. The molecule has 0 radical (unpaired) electrons. The molecule has 1 unspecified atom stereocenters. The molecule has 4 heterocycles. The zero-order valence-electron chi connectivity index (χ0n) is 14.0. The molecule has 0 aliphatic carbocycles. The molecule has 7 heteroatoms. The molecule has 25 heavy (non-hydrogen) atoms. The van der Waals surface area contributed by atoms with Crippen LogP contribution in [0.5, 0.6) is 0 Å². The van der Waals surface area contributed by atoms with Crippen LogP contribution in [0, 0.1) is 0 Å². The Labute approximate surface area is 150 Å². The van der Waals surface area contributed by atoms with E-state index in [9.17, 15) is 4.79 Å². The van der Waals surface area contributed by atoms with Gasteiger partial charge in [0.2, 0.25) is 0 Å². The summed E-state index contributed by atoms with van der Waals surface area (Å²) >= 11 is 1.50. The highest BCUT2D eigenvalue weighted by atomic mass is 32.1. The molecule has 0 aromatic carbocycles. The van der Waals surface area contributed by atoms with Crippen LogP contribution in [0.2, 0.25) is 0 Å². The number of thiophene rings is 1. The summed E-state index contributed by atoms with van der Waals surface area (Å²) in [6, 6.07) is 3.81. The average molecular weight is 353 g/mol. The maximum absolute atomic E-state index is 12.6. The molecule has 3 aromatic heterocycles. The van der Waals surface area contributed by atoms with Gasteiger partial charge in [0, 0.05) is 32.3 Å². The van der Waals surface area contributed by atoms with Crippen LogP contribution in [0.15, 0.2) is 42.4 Å². The van der Waals surface area contributed by atoms with E-state index >= 15 is 0 Å². The highest BCUT2D eigenvalue weighted by Crippen LogP contribution is 2.28. The number of piperidine rings is 1. The lowest BCUT2D eigenvalue weighted by Gasteiger charge is -2.32. The third kappa shape index (κ3) is 3.19. The standard InChI is InChI=1S/C18H19N5OS/c1-22-12-20-10-16(22)15-9-19-8-14(21-15)13-4-2-6-23(11-13)18(24)17-5-3-7-25-17/h3,5,7-10,12-13H,2,4,6,11H2,1H3. The number of hydrogen-bond donors (Lipinski definition) is 0. The third-order valence-corrected chi connectivity index (χ3v) is 5.45. The maximum Gasteiger partial charge on any atom is 0.263 e. The van der Waals surface area contributed by atoms with Gasteiger partial charge in [-0.05, 0) is 24.3 Å². The SMILES string of the molecule is Cn1cncc1-c1cncc(C2CCCN(C(=O)c3cccs3)C2)n1. The van der Waals surface area contributed by atoms with Gasteiger partial charge >= 0.3 is 0 Å². The molecule has 1 fully saturated rings. The Morgan fingerprint density at radius 1 is 1.28 bits per heavy atom. The zero-order valence-corrected chi connectivity index (χ0v) is 14.8. The van der Waals surface area contributed by atoms with Crippen molar-refractivity contribution >= 4 is 17.2 Å². The number of amides is 1. The Balaban J connectivity index is 1.56. The molecule has 3 aromatic rings. The maximum atomic E-state index is 12.6. The molecule has 1 amide bonds. The number of nitrogens with zero attached hydrogens (tertiary/aromatic N) is 5. The quantitative estimate of drug-likeness (QED) is 0.726. The first-order chi connectivity index (χ1) is 12.2. The summed E-state index contributed by atoms with van der Waals surface area (Å²) in [5, 5.41) is 1.94. The molecular formula is C18H19N5OS. The first-order valence-electron chi connectivity index (χ1n) is 8.34. The molecule has 4 rings (SSSR count). The van der Waals surface area contributed by atoms with Crippen molar-refractivity contribution in [3.05, 3.63) is 53.0 Å². The summed E-state index contributed by atoms with van der Waals surface area (Å²) in [4.78, 5) is 28.7. The van der Waals surface area contributed by atoms with Crippen molar-refractivity contribution in [2.45, 2.75) is 18.8 Å². The lowest BCUT2D eigenvalue weighted by Crippen LogP contribution is -2.39. The van der Waals surface area contributed by atoms with E-state index in [1.54, 1.807) is 18.7 Å². The molecule has 1 atom stereocenters. The van der Waals surface area contributed by atoms with Crippen LogP contribution in [-0.4, -0.2) is 43.4 Å². The summed E-state index contributed by atoms with van der Waals surface area (Å²) in [6.07, 6.45) is 9.14. The van der Waals surface area contributed by atoms with E-state index < -0.39 is 0 Å². The van der Waals surface area contributed by atoms with E-state index in [-0.39, 0.29) is 11.8 Å². The predicted octanol–water partition coefficient (Wildman–Crippen LogP) is 2.96. The van der Waals surface area contributed by atoms with Gasteiger partial charge in [-0.25, -0.2) is 9.97 Å². The first-order valence-corrected chi connectivity index (χ1v) is 9.22. The average Bonchev–Trinajstić information content (AvgIpc) is 3.33. The van der Waals surface area contributed by atoms with E-state index in [1.807, 2.05) is 40.2 Å². The van der Waals surface area contributed by atoms with Crippen LogP contribution in [-0.2, 0) is 7.05 Å². The lowest BCUT2D eigenvalue weighted by atomic mass is 9.94. The number of likely N-dealkylation sites (tertiary alicyclic amines) is 1. The second-order valence-electron chi connectivity index (χ2n) is 6.29. The predicted molar refractivity (Wildman–Crippen MR) is 96.4 cm³/mol. The summed E-state index contributed by atoms with van der Waals surface area (Å²) in [5.74, 6) is 0.341. The van der Waals surface area contributed by atoms with Gasteiger partial charge in [-0.3, -0.25) is 9.78 Å². The fourth-order valence-corrected chi connectivity index (χ4v) is 3.96. The second-order valence-corrected chi connectivity index (χ2v) is 7.23. The Morgan fingerprint density at radius 2 is 2.20 bits per heavy atom. The van der Waals surface area contributed by atoms with E-state index in [2.05, 4.69) is 9.97 Å². The summed E-state index contributed by atoms with van der Waals surface area (Å²) < 4.78 is 1.93. The van der Waals surface area contributed by atoms with Crippen molar-refractivity contribution in [1.82, 2.24) is 24.4 Å². The van der Waals surface area contributed by atoms with Gasteiger partial charge in [0.25, 0.3) is 5.91 Å². The molecule has 128 valence electrons.